The average Bonchev–Trinajstić information content (AvgIpc) is 1.76. The number of hydrogen-bond acceptors (Lipinski definition) is 18. The van der Waals surface area contributed by atoms with E-state index in [9.17, 15) is 33.5 Å². The van der Waals surface area contributed by atoms with Gasteiger partial charge in [-0.15, -0.1) is 56.7 Å². The largest absolute Gasteiger partial charge is 0.508 e. The molecular weight excluding hydrogens is 1830 g/mol. The van der Waals surface area contributed by atoms with Gasteiger partial charge < -0.3 is 31.7 Å². The van der Waals surface area contributed by atoms with Crippen molar-refractivity contribution in [3.05, 3.63) is 445 Å². The van der Waals surface area contributed by atoms with E-state index >= 15 is 0 Å². The van der Waals surface area contributed by atoms with E-state index in [1.165, 1.54) is 85.2 Å². The maximum Gasteiger partial charge on any atom is 0.265 e. The Kier molecular flexibility index (Phi) is 32.7. The summed E-state index contributed by atoms with van der Waals surface area (Å²) >= 11 is 18.7. The first-order valence-corrected chi connectivity index (χ1v) is 46.5. The third-order valence-electron chi connectivity index (χ3n) is 19.9. The Morgan fingerprint density at radius 1 is 0.370 bits per heavy atom. The molecular formula is C108H78Cl2FN13O6S5. The van der Waals surface area contributed by atoms with Gasteiger partial charge in [-0.05, 0) is 287 Å². The van der Waals surface area contributed by atoms with Gasteiger partial charge in [0, 0.05) is 81.8 Å². The summed E-state index contributed by atoms with van der Waals surface area (Å²) in [6.45, 7) is 6.43. The number of amides is 5. The summed E-state index contributed by atoms with van der Waals surface area (Å²) in [5.41, 5.74) is 14.6. The summed E-state index contributed by atoms with van der Waals surface area (Å²) in [4.78, 5) is 81.5. The SMILES string of the molecule is Cc1ccc(-n2ccc(-c3ccc(C(C)C)cc3)n2)nc1.N#Cc1ccc(-c2ccc(C(=O)Nc3cccnc3)s2)cc1.N#Cc1cccc(-c2ccc(C(=O)Nc3ccc(Cl)cc3)s2)c1.N#Cc1cccc(-c2ccc(C(=O)Nc3cccnc3)s2)c1.O=C(Nc1ccc(Cl)cc1)c1ccc(-c2ccc(F)cc2)s1.O=C(Nc1ccc(O)cc1)c1ccc(-c2ccc3ccccc3c2)s1. The smallest absolute Gasteiger partial charge is 0.265 e. The first-order chi connectivity index (χ1) is 65.6. The number of nitrogens with one attached hydrogen (secondary N) is 5. The lowest BCUT2D eigenvalue weighted by Crippen LogP contribution is -2.09. The Bertz CT molecular complexity index is 7440. The molecule has 10 aromatic carbocycles. The van der Waals surface area contributed by atoms with Crippen molar-refractivity contribution in [2.45, 2.75) is 26.7 Å². The summed E-state index contributed by atoms with van der Waals surface area (Å²) < 4.78 is 14.7. The second-order valence-corrected chi connectivity index (χ2v) is 36.2. The number of phenols is 1. The van der Waals surface area contributed by atoms with Crippen molar-refractivity contribution in [3.8, 4) is 93.2 Å². The zero-order valence-corrected chi connectivity index (χ0v) is 77.7. The fourth-order valence-electron chi connectivity index (χ4n) is 12.9. The second-order valence-electron chi connectivity index (χ2n) is 29.9. The summed E-state index contributed by atoms with van der Waals surface area (Å²) in [5, 5.41) is 58.4. The maximum absolute atomic E-state index is 12.9. The fraction of sp³-hybridized carbons (Fsp3) is 0.0370. The van der Waals surface area contributed by atoms with Crippen LogP contribution in [-0.2, 0) is 0 Å². The van der Waals surface area contributed by atoms with Crippen LogP contribution in [-0.4, -0.2) is 59.4 Å². The van der Waals surface area contributed by atoms with Crippen molar-refractivity contribution in [1.29, 1.82) is 15.8 Å². The van der Waals surface area contributed by atoms with Gasteiger partial charge in [-0.25, -0.2) is 14.1 Å². The molecule has 0 fully saturated rings. The van der Waals surface area contributed by atoms with Crippen LogP contribution in [0.1, 0.15) is 95.9 Å². The van der Waals surface area contributed by atoms with Gasteiger partial charge in [0.1, 0.15) is 11.6 Å². The number of carbonyl (C=O) groups is 5. The molecule has 0 atom stereocenters. The monoisotopic (exact) mass is 1900 g/mol. The van der Waals surface area contributed by atoms with E-state index in [1.54, 1.807) is 183 Å². The molecule has 0 aliphatic heterocycles. The zero-order chi connectivity index (χ0) is 94.5. The molecule has 662 valence electrons. The van der Waals surface area contributed by atoms with Gasteiger partial charge in [0.2, 0.25) is 0 Å². The lowest BCUT2D eigenvalue weighted by atomic mass is 10.0. The van der Waals surface area contributed by atoms with Crippen molar-refractivity contribution in [2.24, 2.45) is 0 Å². The van der Waals surface area contributed by atoms with Crippen LogP contribution >= 0.6 is 79.9 Å². The molecule has 9 aromatic heterocycles. The number of aryl methyl sites for hydroxylation is 1. The first kappa shape index (κ1) is 94.9. The van der Waals surface area contributed by atoms with E-state index in [1.807, 2.05) is 139 Å². The average molecular weight is 1900 g/mol. The van der Waals surface area contributed by atoms with E-state index in [0.29, 0.717) is 85.5 Å². The summed E-state index contributed by atoms with van der Waals surface area (Å²) in [7, 11) is 0. The number of fused-ring (bicyclic) bond motifs is 1. The molecule has 0 spiro atoms. The van der Waals surface area contributed by atoms with Crippen molar-refractivity contribution in [1.82, 2.24) is 24.7 Å². The summed E-state index contributed by atoms with van der Waals surface area (Å²) in [5.74, 6) is 0.467. The highest BCUT2D eigenvalue weighted by molar-refractivity contribution is 7.19. The van der Waals surface area contributed by atoms with Gasteiger partial charge in [0.05, 0.1) is 88.7 Å². The molecule has 135 heavy (non-hydrogen) atoms. The third-order valence-corrected chi connectivity index (χ3v) is 26.1. The van der Waals surface area contributed by atoms with Crippen LogP contribution in [0.4, 0.5) is 32.8 Å². The second kappa shape index (κ2) is 46.5. The number of thiophene rings is 5. The minimum atomic E-state index is -0.277. The Morgan fingerprint density at radius 3 is 1.17 bits per heavy atom. The van der Waals surface area contributed by atoms with Crippen molar-refractivity contribution < 1.29 is 33.5 Å². The molecule has 0 saturated carbocycles. The number of rotatable bonds is 18. The van der Waals surface area contributed by atoms with Crippen LogP contribution in [0, 0.1) is 46.7 Å². The number of pyridine rings is 3. The van der Waals surface area contributed by atoms with Crippen molar-refractivity contribution in [3.63, 3.8) is 0 Å². The van der Waals surface area contributed by atoms with Crippen LogP contribution in [0.5, 0.6) is 5.75 Å². The zero-order valence-electron chi connectivity index (χ0n) is 72.1. The number of halogens is 3. The Balaban J connectivity index is 0.000000130. The lowest BCUT2D eigenvalue weighted by Gasteiger charge is -2.05. The number of aromatic hydroxyl groups is 1. The number of nitriles is 3. The van der Waals surface area contributed by atoms with Crippen molar-refractivity contribution in [2.75, 3.05) is 26.6 Å². The maximum atomic E-state index is 12.9. The van der Waals surface area contributed by atoms with E-state index in [4.69, 9.17) is 39.0 Å². The predicted octanol–water partition coefficient (Wildman–Crippen LogP) is 28.4. The van der Waals surface area contributed by atoms with Crippen LogP contribution < -0.4 is 26.6 Å². The molecule has 0 aliphatic carbocycles. The number of anilines is 5. The molecule has 9 heterocycles. The Hall–Kier alpha value is -16.3. The number of aromatic nitrogens is 5. The highest BCUT2D eigenvalue weighted by Gasteiger charge is 2.18. The lowest BCUT2D eigenvalue weighted by molar-refractivity contribution is 0.102. The van der Waals surface area contributed by atoms with Crippen LogP contribution in [0.3, 0.4) is 0 Å². The normalized spacial score (nSPS) is 10.4. The molecule has 5 amide bonds. The highest BCUT2D eigenvalue weighted by Crippen LogP contribution is 2.36. The quantitative estimate of drug-likeness (QED) is 0.0436. The van der Waals surface area contributed by atoms with Gasteiger partial charge >= 0.3 is 0 Å². The van der Waals surface area contributed by atoms with E-state index in [2.05, 4.69) is 133 Å². The number of benzene rings is 10. The molecule has 0 unspecified atom stereocenters. The van der Waals surface area contributed by atoms with Gasteiger partial charge in [-0.3, -0.25) is 33.9 Å². The first-order valence-electron chi connectivity index (χ1n) is 41.6. The van der Waals surface area contributed by atoms with E-state index in [-0.39, 0.29) is 41.1 Å². The Labute approximate surface area is 807 Å². The molecule has 27 heteroatoms. The molecule has 6 N–H and O–H groups in total. The van der Waals surface area contributed by atoms with Gasteiger partial charge in [-0.1, -0.05) is 152 Å². The number of nitrogens with zero attached hydrogens (tertiary/aromatic N) is 8. The fourth-order valence-corrected chi connectivity index (χ4v) is 17.7. The van der Waals surface area contributed by atoms with Crippen molar-refractivity contribution >= 4 is 149 Å². The van der Waals surface area contributed by atoms with E-state index < -0.39 is 0 Å². The standard InChI is InChI=1S/C21H15NO2S.C18H11ClN2OS.C18H19N3.C17H11ClFNOS.2C17H11N3OS/c23-18-9-7-17(8-10-18)22-21(24)20-12-11-19(25-20)16-6-5-14-3-1-2-4-15(14)13-16;19-14-4-6-15(7-5-14)21-18(22)17-9-8-16(23-17)13-3-1-2-12(10-13)11-20;1-13(2)15-5-7-16(8-6-15)17-10-11-21(20-17)18-9-4-14(3)12-19-18;18-12-3-7-14(8-4-12)20-17(21)16-10-9-15(22-16)11-1-5-13(19)6-2-11;18-10-12-3-1-4-13(9-12)15-6-7-16(22-15)17(21)20-14-5-2-8-19-11-14;18-10-12-3-5-13(6-4-12)15-7-8-16(22-15)17(21)20-14-2-1-9-19-11-14/h1-13,23H,(H,22,24);1-10H,(H,21,22);4-13H,1-3H3;1-10H,(H,20,21);2*1-9,11H,(H,20,21). The molecule has 0 bridgehead atoms. The molecule has 19 aromatic rings. The minimum Gasteiger partial charge on any atom is -0.508 e. The van der Waals surface area contributed by atoms with Gasteiger partial charge in [0.25, 0.3) is 29.5 Å². The van der Waals surface area contributed by atoms with Crippen LogP contribution in [0.15, 0.2) is 377 Å². The summed E-state index contributed by atoms with van der Waals surface area (Å²) in [6, 6.07) is 110. The van der Waals surface area contributed by atoms with Crippen LogP contribution in [0.2, 0.25) is 10.0 Å². The number of hydrogen-bond donors (Lipinski definition) is 6. The topological polar surface area (TPSA) is 294 Å². The van der Waals surface area contributed by atoms with Gasteiger partial charge in [0.15, 0.2) is 5.82 Å². The minimum absolute atomic E-state index is 0.150. The molecule has 19 rings (SSSR count). The highest BCUT2D eigenvalue weighted by atomic mass is 35.5. The van der Waals surface area contributed by atoms with E-state index in [0.717, 1.165) is 74.8 Å². The molecule has 0 saturated heterocycles. The van der Waals surface area contributed by atoms with Crippen LogP contribution in [0.25, 0.3) is 80.1 Å². The predicted molar refractivity (Wildman–Crippen MR) is 545 cm³/mol. The number of carbonyl (C=O) groups excluding carboxylic acids is 5. The Morgan fingerprint density at radius 2 is 0.763 bits per heavy atom. The molecule has 0 aliphatic rings. The molecule has 19 nitrogen and oxygen atoms in total. The summed E-state index contributed by atoms with van der Waals surface area (Å²) in [6.07, 6.45) is 10.3. The number of phenolic OH excluding ortho intramolecular Hbond substituents is 1. The molecule has 0 radical (unpaired) electrons. The third kappa shape index (κ3) is 27.0. The van der Waals surface area contributed by atoms with Gasteiger partial charge in [-0.2, -0.15) is 20.9 Å².